The van der Waals surface area contributed by atoms with E-state index >= 15 is 0 Å². The van der Waals surface area contributed by atoms with Gasteiger partial charge in [-0.2, -0.15) is 0 Å². The van der Waals surface area contributed by atoms with Gasteiger partial charge in [0.25, 0.3) is 5.91 Å². The van der Waals surface area contributed by atoms with Crippen LogP contribution < -0.4 is 5.32 Å². The number of benzene rings is 1. The molecule has 1 aliphatic rings. The van der Waals surface area contributed by atoms with Crippen LogP contribution in [0.5, 0.6) is 0 Å². The summed E-state index contributed by atoms with van der Waals surface area (Å²) in [5, 5.41) is 12.0. The van der Waals surface area contributed by atoms with Crippen LogP contribution in [0.25, 0.3) is 0 Å². The van der Waals surface area contributed by atoms with Gasteiger partial charge in [0.1, 0.15) is 5.01 Å². The minimum Gasteiger partial charge on any atom is -0.296 e. The Hall–Kier alpha value is -1.45. The predicted octanol–water partition coefficient (Wildman–Crippen LogP) is 2.63. The van der Waals surface area contributed by atoms with E-state index in [1.54, 1.807) is 12.1 Å². The van der Waals surface area contributed by atoms with Crippen LogP contribution in [0.3, 0.4) is 0 Å². The summed E-state index contributed by atoms with van der Waals surface area (Å²) >= 11 is 2.81. The summed E-state index contributed by atoms with van der Waals surface area (Å²) in [6, 6.07) is 7.23. The van der Waals surface area contributed by atoms with Crippen LogP contribution in [0.4, 0.5) is 5.13 Å². The second kappa shape index (κ2) is 7.20. The van der Waals surface area contributed by atoms with Crippen molar-refractivity contribution < 1.29 is 13.2 Å². The fourth-order valence-electron chi connectivity index (χ4n) is 2.40. The van der Waals surface area contributed by atoms with Crippen molar-refractivity contribution in [3.8, 4) is 0 Å². The molecule has 0 radical (unpaired) electrons. The lowest BCUT2D eigenvalue weighted by Crippen LogP contribution is -2.14. The molecule has 1 atom stereocenters. The number of rotatable bonds is 5. The number of thioether (sulfide) groups is 1. The first-order valence-electron chi connectivity index (χ1n) is 7.56. The first-order chi connectivity index (χ1) is 11.5. The zero-order chi connectivity index (χ0) is 17.2. The highest BCUT2D eigenvalue weighted by atomic mass is 32.2. The number of sulfone groups is 1. The van der Waals surface area contributed by atoms with Gasteiger partial charge >= 0.3 is 0 Å². The molecule has 0 spiro atoms. The predicted molar refractivity (Wildman–Crippen MR) is 96.6 cm³/mol. The largest absolute Gasteiger partial charge is 0.296 e. The molecule has 1 saturated heterocycles. The number of hydrogen-bond donors (Lipinski definition) is 1. The smallest absolute Gasteiger partial charge is 0.258 e. The minimum absolute atomic E-state index is 0.00262. The summed E-state index contributed by atoms with van der Waals surface area (Å²) in [7, 11) is -2.94. The summed E-state index contributed by atoms with van der Waals surface area (Å²) in [6.07, 6.45) is 1.40. The summed E-state index contributed by atoms with van der Waals surface area (Å²) in [6.45, 7) is 1.98. The number of aromatic nitrogens is 2. The normalized spacial score (nSPS) is 19.3. The molecule has 2 aromatic rings. The van der Waals surface area contributed by atoms with Crippen LogP contribution in [-0.2, 0) is 16.3 Å². The monoisotopic (exact) mass is 383 g/mol. The highest BCUT2D eigenvalue weighted by Gasteiger charge is 2.29. The van der Waals surface area contributed by atoms with E-state index in [1.165, 1.54) is 23.1 Å². The Morgan fingerprint density at radius 1 is 1.38 bits per heavy atom. The van der Waals surface area contributed by atoms with Gasteiger partial charge in [0.2, 0.25) is 5.13 Å². The SMILES string of the molecule is CCc1nnc(NC(=O)c2ccccc2SC2CCS(=O)(=O)C2)s1. The van der Waals surface area contributed by atoms with E-state index in [9.17, 15) is 13.2 Å². The molecule has 6 nitrogen and oxygen atoms in total. The number of anilines is 1. The summed E-state index contributed by atoms with van der Waals surface area (Å²) < 4.78 is 23.2. The van der Waals surface area contributed by atoms with E-state index in [0.29, 0.717) is 17.1 Å². The van der Waals surface area contributed by atoms with E-state index in [0.717, 1.165) is 16.3 Å². The van der Waals surface area contributed by atoms with E-state index in [-0.39, 0.29) is 22.7 Å². The molecule has 1 aromatic heterocycles. The molecule has 1 amide bonds. The first-order valence-corrected chi connectivity index (χ1v) is 11.1. The van der Waals surface area contributed by atoms with Crippen molar-refractivity contribution in [2.75, 3.05) is 16.8 Å². The Bertz CT molecular complexity index is 848. The first kappa shape index (κ1) is 17.4. The van der Waals surface area contributed by atoms with E-state index in [1.807, 2.05) is 19.1 Å². The number of nitrogens with one attached hydrogen (secondary N) is 1. The molecule has 9 heteroatoms. The lowest BCUT2D eigenvalue weighted by atomic mass is 10.2. The van der Waals surface area contributed by atoms with E-state index in [2.05, 4.69) is 15.5 Å². The van der Waals surface area contributed by atoms with E-state index in [4.69, 9.17) is 0 Å². The maximum absolute atomic E-state index is 12.5. The molecule has 0 saturated carbocycles. The topological polar surface area (TPSA) is 89.0 Å². The van der Waals surface area contributed by atoms with Gasteiger partial charge in [0, 0.05) is 10.1 Å². The molecule has 1 aromatic carbocycles. The molecule has 3 rings (SSSR count). The van der Waals surface area contributed by atoms with Gasteiger partial charge in [-0.1, -0.05) is 30.4 Å². The third-order valence-electron chi connectivity index (χ3n) is 3.61. The number of nitrogens with zero attached hydrogens (tertiary/aromatic N) is 2. The summed E-state index contributed by atoms with van der Waals surface area (Å²) in [5.74, 6) is 0.144. The minimum atomic E-state index is -2.94. The average Bonchev–Trinajstić information content (AvgIpc) is 3.13. The zero-order valence-electron chi connectivity index (χ0n) is 13.1. The molecule has 128 valence electrons. The maximum atomic E-state index is 12.5. The molecular formula is C15H17N3O3S3. The second-order valence-corrected chi connectivity index (χ2v) is 10.1. The van der Waals surface area contributed by atoms with Crippen LogP contribution in [0.2, 0.25) is 0 Å². The number of hydrogen-bond acceptors (Lipinski definition) is 7. The lowest BCUT2D eigenvalue weighted by Gasteiger charge is -2.11. The summed E-state index contributed by atoms with van der Waals surface area (Å²) in [5.41, 5.74) is 0.528. The maximum Gasteiger partial charge on any atom is 0.258 e. The zero-order valence-corrected chi connectivity index (χ0v) is 15.5. The molecule has 0 aliphatic carbocycles. The van der Waals surface area contributed by atoms with Crippen molar-refractivity contribution in [3.63, 3.8) is 0 Å². The van der Waals surface area contributed by atoms with Crippen molar-refractivity contribution in [3.05, 3.63) is 34.8 Å². The average molecular weight is 384 g/mol. The number of amides is 1. The molecular weight excluding hydrogens is 366 g/mol. The van der Waals surface area contributed by atoms with Crippen molar-refractivity contribution in [2.24, 2.45) is 0 Å². The van der Waals surface area contributed by atoms with Crippen molar-refractivity contribution in [1.29, 1.82) is 0 Å². The van der Waals surface area contributed by atoms with Crippen LogP contribution >= 0.6 is 23.1 Å². The quantitative estimate of drug-likeness (QED) is 0.854. The van der Waals surface area contributed by atoms with Gasteiger partial charge in [-0.15, -0.1) is 22.0 Å². The molecule has 24 heavy (non-hydrogen) atoms. The van der Waals surface area contributed by atoms with Crippen molar-refractivity contribution in [1.82, 2.24) is 10.2 Å². The molecule has 1 unspecified atom stereocenters. The third kappa shape index (κ3) is 4.14. The Kier molecular flexibility index (Phi) is 5.21. The highest BCUT2D eigenvalue weighted by molar-refractivity contribution is 8.02. The van der Waals surface area contributed by atoms with Crippen LogP contribution in [-0.4, -0.2) is 41.3 Å². The van der Waals surface area contributed by atoms with Gasteiger partial charge in [0.05, 0.1) is 17.1 Å². The van der Waals surface area contributed by atoms with Gasteiger partial charge in [-0.05, 0) is 25.0 Å². The Labute approximate surface area is 149 Å². The van der Waals surface area contributed by atoms with Crippen LogP contribution in [0.1, 0.15) is 28.7 Å². The van der Waals surface area contributed by atoms with Gasteiger partial charge in [0.15, 0.2) is 9.84 Å². The molecule has 2 heterocycles. The fourth-order valence-corrected chi connectivity index (χ4v) is 6.70. The van der Waals surface area contributed by atoms with Crippen molar-refractivity contribution >= 4 is 44.0 Å². The van der Waals surface area contributed by atoms with Crippen LogP contribution in [0, 0.1) is 0 Å². The molecule has 0 bridgehead atoms. The number of aryl methyl sites for hydroxylation is 1. The van der Waals surface area contributed by atoms with Crippen LogP contribution in [0.15, 0.2) is 29.2 Å². The second-order valence-electron chi connectivity index (χ2n) is 5.45. The number of carbonyl (C=O) groups is 1. The summed E-state index contributed by atoms with van der Waals surface area (Å²) in [4.78, 5) is 13.3. The van der Waals surface area contributed by atoms with Gasteiger partial charge in [-0.25, -0.2) is 8.42 Å². The molecule has 1 fully saturated rings. The van der Waals surface area contributed by atoms with Gasteiger partial charge in [-0.3, -0.25) is 10.1 Å². The lowest BCUT2D eigenvalue weighted by molar-refractivity contribution is 0.102. The Balaban J connectivity index is 1.74. The third-order valence-corrected chi connectivity index (χ3v) is 7.91. The Morgan fingerprint density at radius 2 is 2.17 bits per heavy atom. The highest BCUT2D eigenvalue weighted by Crippen LogP contribution is 2.33. The molecule has 1 aliphatic heterocycles. The van der Waals surface area contributed by atoms with Crippen molar-refractivity contribution in [2.45, 2.75) is 29.9 Å². The molecule has 1 N–H and O–H groups in total. The Morgan fingerprint density at radius 3 is 2.83 bits per heavy atom. The number of carbonyl (C=O) groups excluding carboxylic acids is 1. The van der Waals surface area contributed by atoms with Gasteiger partial charge < -0.3 is 0 Å². The fraction of sp³-hybridized carbons (Fsp3) is 0.400. The standard InChI is InChI=1S/C15H17N3O3S3/c1-2-13-17-18-15(23-13)16-14(19)11-5-3-4-6-12(11)22-10-7-8-24(20,21)9-10/h3-6,10H,2,7-9H2,1H3,(H,16,18,19). The van der Waals surface area contributed by atoms with E-state index < -0.39 is 9.84 Å².